The summed E-state index contributed by atoms with van der Waals surface area (Å²) in [7, 11) is 1.81. The summed E-state index contributed by atoms with van der Waals surface area (Å²) in [5.74, 6) is -0.124. The molecule has 0 aliphatic rings. The van der Waals surface area contributed by atoms with Crippen molar-refractivity contribution in [3.8, 4) is 0 Å². The van der Waals surface area contributed by atoms with Crippen LogP contribution in [0.5, 0.6) is 0 Å². The Labute approximate surface area is 118 Å². The van der Waals surface area contributed by atoms with Crippen LogP contribution in [0.3, 0.4) is 0 Å². The third-order valence-electron chi connectivity index (χ3n) is 3.20. The largest absolute Gasteiger partial charge is 0.350 e. The van der Waals surface area contributed by atoms with E-state index in [0.29, 0.717) is 12.1 Å². The van der Waals surface area contributed by atoms with E-state index in [2.05, 4.69) is 10.4 Å². The van der Waals surface area contributed by atoms with E-state index in [4.69, 9.17) is 5.73 Å². The molecule has 20 heavy (non-hydrogen) atoms. The average molecular weight is 272 g/mol. The summed E-state index contributed by atoms with van der Waals surface area (Å²) >= 11 is 0. The number of rotatable bonds is 5. The monoisotopic (exact) mass is 272 g/mol. The number of carbonyl (C=O) groups excluding carboxylic acids is 1. The lowest BCUT2D eigenvalue weighted by molar-refractivity contribution is 0.0950. The number of benzene rings is 1. The lowest BCUT2D eigenvalue weighted by atomic mass is 10.1. The van der Waals surface area contributed by atoms with Crippen LogP contribution in [-0.2, 0) is 13.5 Å². The molecule has 1 unspecified atom stereocenters. The van der Waals surface area contributed by atoms with E-state index in [9.17, 15) is 4.79 Å². The van der Waals surface area contributed by atoms with Gasteiger partial charge in [0.05, 0.1) is 11.3 Å². The third-order valence-corrected chi connectivity index (χ3v) is 3.20. The van der Waals surface area contributed by atoms with Gasteiger partial charge in [-0.15, -0.1) is 0 Å². The van der Waals surface area contributed by atoms with Gasteiger partial charge in [-0.05, 0) is 12.0 Å². The second-order valence-electron chi connectivity index (χ2n) is 4.74. The topological polar surface area (TPSA) is 72.9 Å². The van der Waals surface area contributed by atoms with Crippen LogP contribution in [0.1, 0.15) is 34.6 Å². The summed E-state index contributed by atoms with van der Waals surface area (Å²) in [6.45, 7) is 2.38. The summed E-state index contributed by atoms with van der Waals surface area (Å²) < 4.78 is 1.66. The maximum Gasteiger partial charge on any atom is 0.254 e. The Morgan fingerprint density at radius 3 is 2.75 bits per heavy atom. The van der Waals surface area contributed by atoms with Gasteiger partial charge in [-0.2, -0.15) is 5.10 Å². The molecule has 1 atom stereocenters. The molecule has 1 heterocycles. The van der Waals surface area contributed by atoms with Gasteiger partial charge in [0.1, 0.15) is 0 Å². The number of aromatic nitrogens is 2. The molecule has 0 radical (unpaired) electrons. The van der Waals surface area contributed by atoms with Crippen molar-refractivity contribution in [1.82, 2.24) is 15.1 Å². The van der Waals surface area contributed by atoms with E-state index in [0.717, 1.165) is 17.7 Å². The fourth-order valence-electron chi connectivity index (χ4n) is 2.10. The molecule has 0 aliphatic carbocycles. The predicted molar refractivity (Wildman–Crippen MR) is 78.3 cm³/mol. The molecule has 2 aromatic rings. The first-order valence-electron chi connectivity index (χ1n) is 6.73. The highest BCUT2D eigenvalue weighted by Crippen LogP contribution is 2.10. The molecule has 5 nitrogen and oxygen atoms in total. The fourth-order valence-corrected chi connectivity index (χ4v) is 2.10. The van der Waals surface area contributed by atoms with Crippen LogP contribution < -0.4 is 11.1 Å². The highest BCUT2D eigenvalue weighted by molar-refractivity contribution is 5.95. The van der Waals surface area contributed by atoms with Crippen molar-refractivity contribution >= 4 is 5.91 Å². The number of hydrogen-bond acceptors (Lipinski definition) is 3. The van der Waals surface area contributed by atoms with Crippen molar-refractivity contribution in [2.75, 3.05) is 6.54 Å². The van der Waals surface area contributed by atoms with Crippen molar-refractivity contribution in [2.24, 2.45) is 12.8 Å². The fraction of sp³-hybridized carbons (Fsp3) is 0.333. The highest BCUT2D eigenvalue weighted by Gasteiger charge is 2.15. The van der Waals surface area contributed by atoms with Gasteiger partial charge < -0.3 is 11.1 Å². The maximum absolute atomic E-state index is 12.2. The molecule has 1 aromatic heterocycles. The lowest BCUT2D eigenvalue weighted by Crippen LogP contribution is -2.32. The molecule has 2 rings (SSSR count). The van der Waals surface area contributed by atoms with Crippen molar-refractivity contribution in [2.45, 2.75) is 19.4 Å². The molecular formula is C15H20N4O. The van der Waals surface area contributed by atoms with Gasteiger partial charge in [0, 0.05) is 25.8 Å². The molecule has 1 aromatic carbocycles. The number of aryl methyl sites for hydroxylation is 2. The van der Waals surface area contributed by atoms with Gasteiger partial charge in [0.2, 0.25) is 0 Å². The standard InChI is InChI=1S/C15H20N4O/c1-3-14-12(10-19(2)18-14)15(20)17-9-13(16)11-7-5-4-6-8-11/h4-8,10,13H,3,9,16H2,1-2H3,(H,17,20). The summed E-state index contributed by atoms with van der Waals surface area (Å²) in [6, 6.07) is 9.52. The van der Waals surface area contributed by atoms with E-state index >= 15 is 0 Å². The first kappa shape index (κ1) is 14.3. The number of nitrogens with zero attached hydrogens (tertiary/aromatic N) is 2. The Morgan fingerprint density at radius 2 is 2.10 bits per heavy atom. The second-order valence-corrected chi connectivity index (χ2v) is 4.74. The van der Waals surface area contributed by atoms with Crippen LogP contribution in [0, 0.1) is 0 Å². The highest BCUT2D eigenvalue weighted by atomic mass is 16.1. The molecule has 3 N–H and O–H groups in total. The third kappa shape index (κ3) is 3.24. The Hall–Kier alpha value is -2.14. The van der Waals surface area contributed by atoms with Crippen molar-refractivity contribution < 1.29 is 4.79 Å². The number of hydrogen-bond donors (Lipinski definition) is 2. The summed E-state index contributed by atoms with van der Waals surface area (Å²) in [5.41, 5.74) is 8.50. The van der Waals surface area contributed by atoms with Crippen LogP contribution in [0.4, 0.5) is 0 Å². The zero-order valence-electron chi connectivity index (χ0n) is 11.8. The smallest absolute Gasteiger partial charge is 0.254 e. The summed E-state index contributed by atoms with van der Waals surface area (Å²) in [4.78, 5) is 12.2. The zero-order valence-corrected chi connectivity index (χ0v) is 11.8. The van der Waals surface area contributed by atoms with E-state index in [1.807, 2.05) is 44.3 Å². The minimum absolute atomic E-state index is 0.124. The molecule has 0 saturated heterocycles. The minimum Gasteiger partial charge on any atom is -0.350 e. The van der Waals surface area contributed by atoms with Gasteiger partial charge in [0.25, 0.3) is 5.91 Å². The van der Waals surface area contributed by atoms with Crippen LogP contribution in [-0.4, -0.2) is 22.2 Å². The van der Waals surface area contributed by atoms with Crippen molar-refractivity contribution in [1.29, 1.82) is 0 Å². The van der Waals surface area contributed by atoms with Crippen molar-refractivity contribution in [3.05, 3.63) is 53.3 Å². The average Bonchev–Trinajstić information content (AvgIpc) is 2.86. The molecule has 0 saturated carbocycles. The van der Waals surface area contributed by atoms with E-state index < -0.39 is 0 Å². The first-order valence-corrected chi connectivity index (χ1v) is 6.73. The summed E-state index contributed by atoms with van der Waals surface area (Å²) in [6.07, 6.45) is 2.47. The van der Waals surface area contributed by atoms with Gasteiger partial charge in [0.15, 0.2) is 0 Å². The predicted octanol–water partition coefficient (Wildman–Crippen LogP) is 1.41. The van der Waals surface area contributed by atoms with Crippen LogP contribution in [0.2, 0.25) is 0 Å². The van der Waals surface area contributed by atoms with Crippen LogP contribution in [0.25, 0.3) is 0 Å². The quantitative estimate of drug-likeness (QED) is 0.864. The second kappa shape index (κ2) is 6.34. The first-order chi connectivity index (χ1) is 9.61. The lowest BCUT2D eigenvalue weighted by Gasteiger charge is -2.13. The summed E-state index contributed by atoms with van der Waals surface area (Å²) in [5, 5.41) is 7.13. The van der Waals surface area contributed by atoms with Gasteiger partial charge in [-0.1, -0.05) is 37.3 Å². The van der Waals surface area contributed by atoms with Crippen LogP contribution in [0.15, 0.2) is 36.5 Å². The zero-order chi connectivity index (χ0) is 14.5. The Balaban J connectivity index is 1.98. The molecular weight excluding hydrogens is 252 g/mol. The van der Waals surface area contributed by atoms with Gasteiger partial charge in [-0.25, -0.2) is 0 Å². The van der Waals surface area contributed by atoms with E-state index in [-0.39, 0.29) is 11.9 Å². The number of carbonyl (C=O) groups is 1. The molecule has 0 spiro atoms. The molecule has 1 amide bonds. The number of nitrogens with two attached hydrogens (primary N) is 1. The number of amides is 1. The Kier molecular flexibility index (Phi) is 4.53. The SMILES string of the molecule is CCc1nn(C)cc1C(=O)NCC(N)c1ccccc1. The van der Waals surface area contributed by atoms with Gasteiger partial charge in [-0.3, -0.25) is 9.48 Å². The van der Waals surface area contributed by atoms with Gasteiger partial charge >= 0.3 is 0 Å². The molecule has 106 valence electrons. The Morgan fingerprint density at radius 1 is 1.40 bits per heavy atom. The number of nitrogens with one attached hydrogen (secondary N) is 1. The van der Waals surface area contributed by atoms with Crippen molar-refractivity contribution in [3.63, 3.8) is 0 Å². The molecule has 0 fully saturated rings. The minimum atomic E-state index is -0.207. The Bertz CT molecular complexity index is 577. The van der Waals surface area contributed by atoms with E-state index in [1.165, 1.54) is 0 Å². The molecule has 0 bridgehead atoms. The van der Waals surface area contributed by atoms with E-state index in [1.54, 1.807) is 10.9 Å². The normalized spacial score (nSPS) is 12.2. The molecule has 0 aliphatic heterocycles. The van der Waals surface area contributed by atoms with Crippen LogP contribution >= 0.6 is 0 Å². The molecule has 5 heteroatoms. The maximum atomic E-state index is 12.2.